The molecule has 0 aliphatic carbocycles. The van der Waals surface area contributed by atoms with Gasteiger partial charge in [0.2, 0.25) is 0 Å². The summed E-state index contributed by atoms with van der Waals surface area (Å²) in [6.07, 6.45) is 0. The fourth-order valence-corrected chi connectivity index (χ4v) is 2.00. The van der Waals surface area contributed by atoms with Crippen LogP contribution in [-0.2, 0) is 6.54 Å². The Labute approximate surface area is 121 Å². The van der Waals surface area contributed by atoms with Crippen LogP contribution in [0.15, 0.2) is 18.2 Å². The van der Waals surface area contributed by atoms with Gasteiger partial charge < -0.3 is 15.6 Å². The fraction of sp³-hybridized carbons (Fsp3) is 0.500. The highest BCUT2D eigenvalue weighted by Crippen LogP contribution is 2.22. The second-order valence-electron chi connectivity index (χ2n) is 4.82. The maximum absolute atomic E-state index is 9.15. The van der Waals surface area contributed by atoms with Crippen molar-refractivity contribution in [2.75, 3.05) is 26.8 Å². The number of rotatable bonds is 6. The largest absolute Gasteiger partial charge is 0.496 e. The first-order valence-electron chi connectivity index (χ1n) is 6.83. The van der Waals surface area contributed by atoms with E-state index in [9.17, 15) is 0 Å². The lowest BCUT2D eigenvalue weighted by molar-refractivity contribution is 0.158. The predicted octanol–water partition coefficient (Wildman–Crippen LogP) is 1.21. The summed E-state index contributed by atoms with van der Waals surface area (Å²) < 4.78 is 5.40. The van der Waals surface area contributed by atoms with Gasteiger partial charge >= 0.3 is 0 Å². The number of aliphatic hydroxyl groups excluding tert-OH is 1. The first-order valence-corrected chi connectivity index (χ1v) is 6.83. The van der Waals surface area contributed by atoms with Crippen molar-refractivity contribution in [3.05, 3.63) is 29.3 Å². The zero-order valence-corrected chi connectivity index (χ0v) is 12.5. The van der Waals surface area contributed by atoms with Crippen molar-refractivity contribution in [3.8, 4) is 17.6 Å². The van der Waals surface area contributed by atoms with Gasteiger partial charge in [0, 0.05) is 30.3 Å². The van der Waals surface area contributed by atoms with Gasteiger partial charge in [-0.2, -0.15) is 0 Å². The summed E-state index contributed by atoms with van der Waals surface area (Å²) in [5, 5.41) is 9.15. The predicted molar refractivity (Wildman–Crippen MR) is 81.6 cm³/mol. The molecule has 0 heterocycles. The molecule has 0 saturated carbocycles. The van der Waals surface area contributed by atoms with Crippen molar-refractivity contribution in [1.82, 2.24) is 4.90 Å². The Morgan fingerprint density at radius 2 is 2.15 bits per heavy atom. The SMILES string of the molecule is COc1ccc(C#CCN)cc1CN(CCO)C(C)C. The van der Waals surface area contributed by atoms with Crippen LogP contribution in [0.4, 0.5) is 0 Å². The van der Waals surface area contributed by atoms with Gasteiger partial charge in [-0.3, -0.25) is 4.90 Å². The summed E-state index contributed by atoms with van der Waals surface area (Å²) in [6.45, 7) is 6.08. The number of hydrogen-bond acceptors (Lipinski definition) is 4. The van der Waals surface area contributed by atoms with E-state index in [-0.39, 0.29) is 6.61 Å². The van der Waals surface area contributed by atoms with E-state index in [1.165, 1.54) is 0 Å². The van der Waals surface area contributed by atoms with Gasteiger partial charge in [-0.25, -0.2) is 0 Å². The van der Waals surface area contributed by atoms with Crippen LogP contribution in [-0.4, -0.2) is 42.9 Å². The zero-order chi connectivity index (χ0) is 15.0. The van der Waals surface area contributed by atoms with Crippen LogP contribution in [0.5, 0.6) is 5.75 Å². The fourth-order valence-electron chi connectivity index (χ4n) is 2.00. The molecule has 0 amide bonds. The Kier molecular flexibility index (Phi) is 7.10. The number of hydrogen-bond donors (Lipinski definition) is 2. The molecule has 0 aromatic heterocycles. The van der Waals surface area contributed by atoms with Crippen molar-refractivity contribution in [1.29, 1.82) is 0 Å². The molecule has 0 saturated heterocycles. The maximum atomic E-state index is 9.15. The molecule has 1 aromatic rings. The van der Waals surface area contributed by atoms with Crippen LogP contribution < -0.4 is 10.5 Å². The molecule has 3 N–H and O–H groups in total. The normalized spacial score (nSPS) is 10.6. The highest BCUT2D eigenvalue weighted by Gasteiger charge is 2.12. The minimum Gasteiger partial charge on any atom is -0.496 e. The third kappa shape index (κ3) is 4.86. The number of methoxy groups -OCH3 is 1. The zero-order valence-electron chi connectivity index (χ0n) is 12.5. The second-order valence-corrected chi connectivity index (χ2v) is 4.82. The molecule has 20 heavy (non-hydrogen) atoms. The number of ether oxygens (including phenoxy) is 1. The van der Waals surface area contributed by atoms with Crippen LogP contribution >= 0.6 is 0 Å². The van der Waals surface area contributed by atoms with E-state index in [0.29, 0.717) is 19.1 Å². The molecule has 0 radical (unpaired) electrons. The summed E-state index contributed by atoms with van der Waals surface area (Å²) in [5.74, 6) is 6.73. The molecule has 0 fully saturated rings. The third-order valence-electron chi connectivity index (χ3n) is 3.11. The molecular weight excluding hydrogens is 252 g/mol. The van der Waals surface area contributed by atoms with E-state index >= 15 is 0 Å². The van der Waals surface area contributed by atoms with Crippen molar-refractivity contribution in [2.45, 2.75) is 26.4 Å². The molecule has 1 rings (SSSR count). The number of nitrogens with two attached hydrogens (primary N) is 1. The first kappa shape index (κ1) is 16.5. The highest BCUT2D eigenvalue weighted by molar-refractivity contribution is 5.44. The topological polar surface area (TPSA) is 58.7 Å². The molecule has 0 aliphatic heterocycles. The molecule has 110 valence electrons. The van der Waals surface area contributed by atoms with E-state index in [1.54, 1.807) is 7.11 Å². The van der Waals surface area contributed by atoms with E-state index in [2.05, 4.69) is 30.6 Å². The Bertz CT molecular complexity index is 475. The Morgan fingerprint density at radius 1 is 1.40 bits per heavy atom. The molecule has 0 spiro atoms. The van der Waals surface area contributed by atoms with Crippen LogP contribution in [0.25, 0.3) is 0 Å². The van der Waals surface area contributed by atoms with E-state index in [4.69, 9.17) is 15.6 Å². The Balaban J connectivity index is 3.00. The quantitative estimate of drug-likeness (QED) is 0.767. The number of nitrogens with zero attached hydrogens (tertiary/aromatic N) is 1. The minimum absolute atomic E-state index is 0.146. The van der Waals surface area contributed by atoms with E-state index in [1.807, 2.05) is 18.2 Å². The van der Waals surface area contributed by atoms with Gasteiger partial charge in [0.05, 0.1) is 20.3 Å². The maximum Gasteiger partial charge on any atom is 0.123 e. The smallest absolute Gasteiger partial charge is 0.123 e. The lowest BCUT2D eigenvalue weighted by Crippen LogP contribution is -2.33. The van der Waals surface area contributed by atoms with Gasteiger partial charge in [0.15, 0.2) is 0 Å². The summed E-state index contributed by atoms with van der Waals surface area (Å²) in [6, 6.07) is 6.23. The molecule has 0 atom stereocenters. The average Bonchev–Trinajstić information content (AvgIpc) is 2.44. The van der Waals surface area contributed by atoms with Crippen molar-refractivity contribution >= 4 is 0 Å². The minimum atomic E-state index is 0.146. The van der Waals surface area contributed by atoms with Gasteiger partial charge in [-0.1, -0.05) is 11.8 Å². The summed E-state index contributed by atoms with van der Waals surface area (Å²) in [4.78, 5) is 2.19. The molecule has 0 unspecified atom stereocenters. The molecular formula is C16H24N2O2. The van der Waals surface area contributed by atoms with Gasteiger partial charge in [-0.05, 0) is 32.0 Å². The first-order chi connectivity index (χ1) is 9.62. The molecule has 0 aliphatic rings. The number of aliphatic hydroxyl groups is 1. The number of benzene rings is 1. The molecule has 1 aromatic carbocycles. The monoisotopic (exact) mass is 276 g/mol. The lowest BCUT2D eigenvalue weighted by atomic mass is 10.1. The summed E-state index contributed by atoms with van der Waals surface area (Å²) >= 11 is 0. The van der Waals surface area contributed by atoms with Crippen LogP contribution in [0.3, 0.4) is 0 Å². The molecule has 4 heteroatoms. The third-order valence-corrected chi connectivity index (χ3v) is 3.11. The standard InChI is InChI=1S/C16H24N2O2/c1-13(2)18(9-10-19)12-15-11-14(5-4-8-17)6-7-16(15)20-3/h6-7,11,13,19H,8-10,12,17H2,1-3H3. The van der Waals surface area contributed by atoms with E-state index in [0.717, 1.165) is 23.4 Å². The van der Waals surface area contributed by atoms with E-state index < -0.39 is 0 Å². The van der Waals surface area contributed by atoms with Gasteiger partial charge in [0.25, 0.3) is 0 Å². The summed E-state index contributed by atoms with van der Waals surface area (Å²) in [5.41, 5.74) is 7.39. The lowest BCUT2D eigenvalue weighted by Gasteiger charge is -2.26. The van der Waals surface area contributed by atoms with Crippen LogP contribution in [0.2, 0.25) is 0 Å². The molecule has 0 bridgehead atoms. The average molecular weight is 276 g/mol. The van der Waals surface area contributed by atoms with Crippen molar-refractivity contribution in [2.24, 2.45) is 5.73 Å². The van der Waals surface area contributed by atoms with Gasteiger partial charge in [-0.15, -0.1) is 0 Å². The molecule has 4 nitrogen and oxygen atoms in total. The summed E-state index contributed by atoms with van der Waals surface area (Å²) in [7, 11) is 1.66. The van der Waals surface area contributed by atoms with Crippen molar-refractivity contribution in [3.63, 3.8) is 0 Å². The van der Waals surface area contributed by atoms with Crippen LogP contribution in [0, 0.1) is 11.8 Å². The Hall–Kier alpha value is -1.54. The van der Waals surface area contributed by atoms with Gasteiger partial charge in [0.1, 0.15) is 5.75 Å². The second kappa shape index (κ2) is 8.60. The Morgan fingerprint density at radius 3 is 2.70 bits per heavy atom. The highest BCUT2D eigenvalue weighted by atomic mass is 16.5. The van der Waals surface area contributed by atoms with Crippen LogP contribution in [0.1, 0.15) is 25.0 Å². The van der Waals surface area contributed by atoms with Crippen molar-refractivity contribution < 1.29 is 9.84 Å².